The number of rotatable bonds is 35. The smallest absolute Gasteiger partial charge is 0.472 e. The van der Waals surface area contributed by atoms with Crippen LogP contribution < -0.4 is 5.73 Å². The van der Waals surface area contributed by atoms with Gasteiger partial charge in [-0.2, -0.15) is 0 Å². The van der Waals surface area contributed by atoms with Crippen LogP contribution in [0.25, 0.3) is 0 Å². The van der Waals surface area contributed by atoms with E-state index < -0.39 is 51.1 Å². The molecule has 0 rings (SSSR count). The number of hydrogen-bond acceptors (Lipinski definition) is 9. The Bertz CT molecular complexity index is 1060. The number of unbranched alkanes of at least 4 members (excludes halogenated alkanes) is 13. The topological polar surface area (TPSA) is 172 Å². The molecule has 0 fully saturated rings. The Morgan fingerprint density at radius 2 is 1.10 bits per heavy atom. The van der Waals surface area contributed by atoms with Gasteiger partial charge in [0.15, 0.2) is 6.10 Å². The Morgan fingerprint density at radius 3 is 1.67 bits per heavy atom. The highest BCUT2D eigenvalue weighted by Gasteiger charge is 2.28. The Morgan fingerprint density at radius 1 is 0.627 bits per heavy atom. The Hall–Kier alpha value is -2.56. The van der Waals surface area contributed by atoms with Crippen molar-refractivity contribution in [2.45, 2.75) is 161 Å². The van der Waals surface area contributed by atoms with Crippen LogP contribution in [0.2, 0.25) is 0 Å². The predicted octanol–water partition coefficient (Wildman–Crippen LogP) is 9.44. The minimum absolute atomic E-state index is 0.138. The molecule has 0 heterocycles. The van der Waals surface area contributed by atoms with Gasteiger partial charge in [-0.05, 0) is 70.6 Å². The zero-order valence-electron chi connectivity index (χ0n) is 31.4. The molecule has 12 heteroatoms. The van der Waals surface area contributed by atoms with E-state index >= 15 is 0 Å². The summed E-state index contributed by atoms with van der Waals surface area (Å²) in [7, 11) is -4.72. The van der Waals surface area contributed by atoms with Crippen molar-refractivity contribution in [2.24, 2.45) is 5.73 Å². The summed E-state index contributed by atoms with van der Waals surface area (Å²) < 4.78 is 32.5. The number of allylic oxidation sites excluding steroid dienone is 8. The van der Waals surface area contributed by atoms with Gasteiger partial charge in [0, 0.05) is 12.8 Å². The SMILES string of the molecule is CC/C=C\C/C=C\C/C=C\CCCCCCCC(=O)OC(COC(=O)CCCCCCC/C=C\CCCCC)COP(=O)(O)OCC(N)C(=O)O. The predicted molar refractivity (Wildman–Crippen MR) is 203 cm³/mol. The second kappa shape index (κ2) is 34.5. The standard InChI is InChI=1S/C39H68NO10P/c1-3-5-7-9-11-13-15-17-18-19-21-23-25-27-29-31-38(42)50-35(33-48-51(45,46)49-34-36(40)39(43)44)32-47-37(41)30-28-26-24-22-20-16-14-12-10-8-6-4-2/h5,7,11-14,17-18,35-36H,3-4,6,8-10,15-16,19-34,40H2,1-2H3,(H,43,44)(H,45,46)/b7-5-,13-11-,14-12-,18-17-. The van der Waals surface area contributed by atoms with Crippen LogP contribution in [0.1, 0.15) is 149 Å². The van der Waals surface area contributed by atoms with Crippen molar-refractivity contribution in [2.75, 3.05) is 19.8 Å². The van der Waals surface area contributed by atoms with Crippen LogP contribution in [-0.4, -0.2) is 59.9 Å². The van der Waals surface area contributed by atoms with Crippen molar-refractivity contribution in [3.05, 3.63) is 48.6 Å². The molecule has 0 aromatic carbocycles. The molecular formula is C39H68NO10P. The van der Waals surface area contributed by atoms with Gasteiger partial charge in [0.1, 0.15) is 12.6 Å². The summed E-state index contributed by atoms with van der Waals surface area (Å²) >= 11 is 0. The lowest BCUT2D eigenvalue weighted by atomic mass is 10.1. The molecule has 0 aliphatic heterocycles. The molecule has 4 N–H and O–H groups in total. The largest absolute Gasteiger partial charge is 0.480 e. The Balaban J connectivity index is 4.49. The fourth-order valence-electron chi connectivity index (χ4n) is 4.78. The van der Waals surface area contributed by atoms with E-state index in [9.17, 15) is 23.8 Å². The van der Waals surface area contributed by atoms with Crippen LogP contribution in [0.4, 0.5) is 0 Å². The first-order valence-electron chi connectivity index (χ1n) is 19.2. The van der Waals surface area contributed by atoms with Crippen LogP contribution in [0.5, 0.6) is 0 Å². The first kappa shape index (κ1) is 48.4. The minimum atomic E-state index is -4.72. The molecule has 0 amide bonds. The Kier molecular flexibility index (Phi) is 32.8. The first-order chi connectivity index (χ1) is 24.6. The van der Waals surface area contributed by atoms with Crippen molar-refractivity contribution in [3.63, 3.8) is 0 Å². The van der Waals surface area contributed by atoms with Gasteiger partial charge in [-0.3, -0.25) is 23.4 Å². The first-order valence-corrected chi connectivity index (χ1v) is 20.7. The molecule has 3 atom stereocenters. The number of esters is 2. The molecule has 3 unspecified atom stereocenters. The van der Waals surface area contributed by atoms with E-state index in [2.05, 4.69) is 67.0 Å². The molecule has 0 radical (unpaired) electrons. The molecule has 11 nitrogen and oxygen atoms in total. The maximum absolute atomic E-state index is 12.6. The summed E-state index contributed by atoms with van der Waals surface area (Å²) in [5.74, 6) is -2.42. The van der Waals surface area contributed by atoms with E-state index in [4.69, 9.17) is 24.8 Å². The zero-order valence-corrected chi connectivity index (χ0v) is 32.3. The third-order valence-corrected chi connectivity index (χ3v) is 8.76. The fraction of sp³-hybridized carbons (Fsp3) is 0.718. The molecule has 51 heavy (non-hydrogen) atoms. The number of hydrogen-bond donors (Lipinski definition) is 3. The number of aliphatic carboxylic acids is 1. The van der Waals surface area contributed by atoms with Gasteiger partial charge < -0.3 is 25.2 Å². The fourth-order valence-corrected chi connectivity index (χ4v) is 5.56. The molecule has 0 aliphatic carbocycles. The van der Waals surface area contributed by atoms with Crippen molar-refractivity contribution >= 4 is 25.7 Å². The molecule has 0 saturated carbocycles. The van der Waals surface area contributed by atoms with Crippen LogP contribution in [-0.2, 0) is 37.5 Å². The van der Waals surface area contributed by atoms with E-state index in [1.165, 1.54) is 19.3 Å². The maximum Gasteiger partial charge on any atom is 0.472 e. The molecule has 294 valence electrons. The lowest BCUT2D eigenvalue weighted by Gasteiger charge is -2.20. The molecule has 0 aromatic rings. The third-order valence-electron chi connectivity index (χ3n) is 7.81. The number of carbonyl (C=O) groups is 3. The van der Waals surface area contributed by atoms with Crippen molar-refractivity contribution in [1.29, 1.82) is 0 Å². The van der Waals surface area contributed by atoms with E-state index in [-0.39, 0.29) is 19.4 Å². The molecule has 0 saturated heterocycles. The van der Waals surface area contributed by atoms with Crippen molar-refractivity contribution < 1.29 is 47.5 Å². The lowest BCUT2D eigenvalue weighted by molar-refractivity contribution is -0.161. The molecular weight excluding hydrogens is 673 g/mol. The average molecular weight is 742 g/mol. The number of carbonyl (C=O) groups excluding carboxylic acids is 2. The van der Waals surface area contributed by atoms with Gasteiger partial charge in [-0.25, -0.2) is 4.57 Å². The lowest BCUT2D eigenvalue weighted by Crippen LogP contribution is -2.34. The summed E-state index contributed by atoms with van der Waals surface area (Å²) in [5, 5.41) is 8.86. The van der Waals surface area contributed by atoms with E-state index in [0.29, 0.717) is 12.8 Å². The normalized spacial score (nSPS) is 14.4. The summed E-state index contributed by atoms with van der Waals surface area (Å²) in [4.78, 5) is 45.7. The number of phosphoric ester groups is 1. The Labute approximate surface area is 307 Å². The maximum atomic E-state index is 12.6. The van der Waals surface area contributed by atoms with Crippen molar-refractivity contribution in [1.82, 2.24) is 0 Å². The van der Waals surface area contributed by atoms with Gasteiger partial charge >= 0.3 is 25.7 Å². The van der Waals surface area contributed by atoms with Crippen LogP contribution >= 0.6 is 7.82 Å². The summed E-state index contributed by atoms with van der Waals surface area (Å²) in [6.45, 7) is 2.61. The highest BCUT2D eigenvalue weighted by molar-refractivity contribution is 7.47. The van der Waals surface area contributed by atoms with Crippen LogP contribution in [0, 0.1) is 0 Å². The number of carboxylic acid groups (broad SMARTS) is 1. The van der Waals surface area contributed by atoms with Gasteiger partial charge in [0.05, 0.1) is 13.2 Å². The molecule has 0 aromatic heterocycles. The van der Waals surface area contributed by atoms with E-state index in [1.807, 2.05) is 0 Å². The second-order valence-corrected chi connectivity index (χ2v) is 14.1. The van der Waals surface area contributed by atoms with Gasteiger partial charge in [-0.1, -0.05) is 114 Å². The van der Waals surface area contributed by atoms with Crippen LogP contribution in [0.15, 0.2) is 48.6 Å². The highest BCUT2D eigenvalue weighted by Crippen LogP contribution is 2.43. The summed E-state index contributed by atoms with van der Waals surface area (Å²) in [6.07, 6.45) is 36.1. The second-order valence-electron chi connectivity index (χ2n) is 12.7. The zero-order chi connectivity index (χ0) is 37.8. The third kappa shape index (κ3) is 34.3. The summed E-state index contributed by atoms with van der Waals surface area (Å²) in [6, 6.07) is -1.53. The molecule has 0 bridgehead atoms. The van der Waals surface area contributed by atoms with Crippen molar-refractivity contribution in [3.8, 4) is 0 Å². The quantitative estimate of drug-likeness (QED) is 0.0244. The average Bonchev–Trinajstić information content (AvgIpc) is 3.10. The summed E-state index contributed by atoms with van der Waals surface area (Å²) in [5.41, 5.74) is 5.31. The highest BCUT2D eigenvalue weighted by atomic mass is 31.2. The van der Waals surface area contributed by atoms with E-state index in [1.54, 1.807) is 0 Å². The van der Waals surface area contributed by atoms with Gasteiger partial charge in [-0.15, -0.1) is 0 Å². The number of nitrogens with two attached hydrogens (primary N) is 1. The number of carboxylic acids is 1. The molecule has 0 aliphatic rings. The van der Waals surface area contributed by atoms with Gasteiger partial charge in [0.2, 0.25) is 0 Å². The number of ether oxygens (including phenoxy) is 2. The monoisotopic (exact) mass is 741 g/mol. The molecule has 0 spiro atoms. The van der Waals surface area contributed by atoms with Crippen LogP contribution in [0.3, 0.4) is 0 Å². The van der Waals surface area contributed by atoms with Gasteiger partial charge in [0.25, 0.3) is 0 Å². The number of phosphoric acid groups is 1. The van der Waals surface area contributed by atoms with E-state index in [0.717, 1.165) is 89.9 Å². The minimum Gasteiger partial charge on any atom is -0.480 e.